The highest BCUT2D eigenvalue weighted by Gasteiger charge is 2.11. The zero-order valence-corrected chi connectivity index (χ0v) is 12.5. The molecule has 3 N–H and O–H groups in total. The van der Waals surface area contributed by atoms with E-state index in [0.29, 0.717) is 11.9 Å². The number of hydrogen-bond acceptors (Lipinski definition) is 7. The van der Waals surface area contributed by atoms with Gasteiger partial charge < -0.3 is 20.9 Å². The molecule has 0 aromatic carbocycles. The van der Waals surface area contributed by atoms with Crippen LogP contribution in [0.2, 0.25) is 0 Å². The first-order valence-corrected chi connectivity index (χ1v) is 6.64. The molecule has 1 heterocycles. The van der Waals surface area contributed by atoms with Crippen LogP contribution >= 0.6 is 0 Å². The van der Waals surface area contributed by atoms with Gasteiger partial charge in [-0.2, -0.15) is 15.0 Å². The maximum atomic E-state index is 5.74. The summed E-state index contributed by atoms with van der Waals surface area (Å²) in [5, 5.41) is 3.25. The normalized spacial score (nSPS) is 12.5. The molecule has 0 radical (unpaired) electrons. The summed E-state index contributed by atoms with van der Waals surface area (Å²) < 4.78 is 0. The molecule has 0 aliphatic carbocycles. The van der Waals surface area contributed by atoms with Crippen molar-refractivity contribution in [3.63, 3.8) is 0 Å². The highest BCUT2D eigenvalue weighted by Crippen LogP contribution is 2.12. The molecule has 1 atom stereocenters. The molecule has 7 heteroatoms. The minimum atomic E-state index is 0.237. The van der Waals surface area contributed by atoms with Gasteiger partial charge in [-0.25, -0.2) is 0 Å². The lowest BCUT2D eigenvalue weighted by molar-refractivity contribution is 0.391. The minimum Gasteiger partial charge on any atom is -0.368 e. The third-order valence-electron chi connectivity index (χ3n) is 2.70. The lowest BCUT2D eigenvalue weighted by Crippen LogP contribution is -2.31. The van der Waals surface area contributed by atoms with E-state index in [1.165, 1.54) is 0 Å². The quantitative estimate of drug-likeness (QED) is 0.751. The largest absolute Gasteiger partial charge is 0.368 e. The molecule has 0 saturated carbocycles. The number of likely N-dealkylation sites (N-methyl/N-ethyl adjacent to an activating group) is 1. The summed E-state index contributed by atoms with van der Waals surface area (Å²) >= 11 is 0. The van der Waals surface area contributed by atoms with Crippen LogP contribution in [0.5, 0.6) is 0 Å². The number of hydrogen-bond donors (Lipinski definition) is 2. The summed E-state index contributed by atoms with van der Waals surface area (Å²) in [5.41, 5.74) is 5.74. The molecule has 1 unspecified atom stereocenters. The Bertz CT molecular complexity index is 390. The zero-order valence-electron chi connectivity index (χ0n) is 12.5. The Morgan fingerprint density at radius 2 is 1.79 bits per heavy atom. The fraction of sp³-hybridized carbons (Fsp3) is 0.750. The van der Waals surface area contributed by atoms with E-state index in [9.17, 15) is 0 Å². The number of rotatable bonds is 7. The molecule has 0 aliphatic rings. The van der Waals surface area contributed by atoms with E-state index in [1.807, 2.05) is 19.0 Å². The zero-order chi connectivity index (χ0) is 14.4. The molecule has 0 aliphatic heterocycles. The van der Waals surface area contributed by atoms with Gasteiger partial charge in [-0.1, -0.05) is 0 Å². The highest BCUT2D eigenvalue weighted by atomic mass is 15.3. The molecule has 1 aromatic heterocycles. The van der Waals surface area contributed by atoms with E-state index in [1.54, 1.807) is 0 Å². The molecule has 0 fully saturated rings. The minimum absolute atomic E-state index is 0.237. The second-order valence-corrected chi connectivity index (χ2v) is 4.80. The maximum Gasteiger partial charge on any atom is 0.231 e. The Morgan fingerprint density at radius 3 is 2.32 bits per heavy atom. The van der Waals surface area contributed by atoms with Gasteiger partial charge in [-0.05, 0) is 34.9 Å². The molecular formula is C12H25N7. The van der Waals surface area contributed by atoms with Gasteiger partial charge in [0.1, 0.15) is 0 Å². The van der Waals surface area contributed by atoms with E-state index < -0.39 is 0 Å². The lowest BCUT2D eigenvalue weighted by Gasteiger charge is -2.21. The number of nitrogens with one attached hydrogen (secondary N) is 1. The number of anilines is 3. The molecule has 0 amide bonds. The average molecular weight is 267 g/mol. The van der Waals surface area contributed by atoms with Gasteiger partial charge in [0, 0.05) is 25.7 Å². The molecule has 7 nitrogen and oxygen atoms in total. The fourth-order valence-electron chi connectivity index (χ4n) is 1.91. The van der Waals surface area contributed by atoms with Crippen molar-refractivity contribution in [2.24, 2.45) is 0 Å². The predicted molar refractivity (Wildman–Crippen MR) is 79.4 cm³/mol. The number of nitrogen functional groups attached to an aromatic ring is 1. The van der Waals surface area contributed by atoms with Crippen molar-refractivity contribution in [2.45, 2.75) is 26.8 Å². The second-order valence-electron chi connectivity index (χ2n) is 4.80. The van der Waals surface area contributed by atoms with Crippen molar-refractivity contribution in [1.82, 2.24) is 19.9 Å². The van der Waals surface area contributed by atoms with Crippen molar-refractivity contribution in [3.05, 3.63) is 0 Å². The van der Waals surface area contributed by atoms with E-state index in [4.69, 9.17) is 5.73 Å². The second kappa shape index (κ2) is 7.08. The number of nitrogens with two attached hydrogens (primary N) is 1. The summed E-state index contributed by atoms with van der Waals surface area (Å²) in [6, 6.07) is 0.237. The Kier molecular flexibility index (Phi) is 5.75. The van der Waals surface area contributed by atoms with Crippen LogP contribution in [-0.2, 0) is 0 Å². The van der Waals surface area contributed by atoms with Gasteiger partial charge in [-0.3, -0.25) is 0 Å². The molecule has 0 spiro atoms. The van der Waals surface area contributed by atoms with E-state index in [-0.39, 0.29) is 12.0 Å². The molecule has 108 valence electrons. The fourth-order valence-corrected chi connectivity index (χ4v) is 1.91. The van der Waals surface area contributed by atoms with Crippen LogP contribution in [0.1, 0.15) is 20.8 Å². The molecule has 0 saturated heterocycles. The van der Waals surface area contributed by atoms with Crippen LogP contribution in [0.25, 0.3) is 0 Å². The Morgan fingerprint density at radius 1 is 1.16 bits per heavy atom. The van der Waals surface area contributed by atoms with Crippen LogP contribution in [0, 0.1) is 0 Å². The summed E-state index contributed by atoms with van der Waals surface area (Å²) in [4.78, 5) is 16.9. The Labute approximate surface area is 115 Å². The molecule has 1 aromatic rings. The third-order valence-corrected chi connectivity index (χ3v) is 2.70. The van der Waals surface area contributed by atoms with Crippen molar-refractivity contribution < 1.29 is 0 Å². The van der Waals surface area contributed by atoms with Crippen molar-refractivity contribution in [1.29, 1.82) is 0 Å². The Balaban J connectivity index is 2.84. The first-order valence-electron chi connectivity index (χ1n) is 6.64. The monoisotopic (exact) mass is 267 g/mol. The van der Waals surface area contributed by atoms with Crippen LogP contribution < -0.4 is 16.0 Å². The van der Waals surface area contributed by atoms with Gasteiger partial charge in [-0.15, -0.1) is 0 Å². The summed E-state index contributed by atoms with van der Waals surface area (Å²) in [7, 11) is 4.06. The third kappa shape index (κ3) is 4.86. The van der Waals surface area contributed by atoms with Crippen molar-refractivity contribution in [3.8, 4) is 0 Å². The van der Waals surface area contributed by atoms with Crippen LogP contribution in [-0.4, -0.2) is 59.6 Å². The van der Waals surface area contributed by atoms with Crippen LogP contribution in [0.15, 0.2) is 0 Å². The first-order chi connectivity index (χ1) is 8.96. The number of nitrogens with zero attached hydrogens (tertiary/aromatic N) is 5. The van der Waals surface area contributed by atoms with E-state index in [0.717, 1.165) is 19.6 Å². The van der Waals surface area contributed by atoms with Crippen LogP contribution in [0.4, 0.5) is 17.8 Å². The predicted octanol–water partition coefficient (Wildman–Crippen LogP) is 0.662. The topological polar surface area (TPSA) is 83.2 Å². The van der Waals surface area contributed by atoms with E-state index in [2.05, 4.69) is 45.9 Å². The summed E-state index contributed by atoms with van der Waals surface area (Å²) in [5.74, 6) is 1.40. The smallest absolute Gasteiger partial charge is 0.231 e. The number of aromatic nitrogens is 3. The molecular weight excluding hydrogens is 242 g/mol. The highest BCUT2D eigenvalue weighted by molar-refractivity contribution is 5.42. The standard InChI is InChI=1S/C12H25N7/c1-6-19(7-2)12-16-10(13)15-11(17-12)14-9(3)8-18(4)5/h9H,6-8H2,1-5H3,(H3,13,14,15,16,17). The molecule has 19 heavy (non-hydrogen) atoms. The van der Waals surface area contributed by atoms with Gasteiger partial charge in [0.15, 0.2) is 0 Å². The van der Waals surface area contributed by atoms with Gasteiger partial charge in [0.2, 0.25) is 17.8 Å². The van der Waals surface area contributed by atoms with Gasteiger partial charge in [0.25, 0.3) is 0 Å². The maximum absolute atomic E-state index is 5.74. The molecule has 0 bridgehead atoms. The van der Waals surface area contributed by atoms with Gasteiger partial charge in [0.05, 0.1) is 0 Å². The summed E-state index contributed by atoms with van der Waals surface area (Å²) in [6.07, 6.45) is 0. The van der Waals surface area contributed by atoms with Crippen LogP contribution in [0.3, 0.4) is 0 Å². The van der Waals surface area contributed by atoms with Gasteiger partial charge >= 0.3 is 0 Å². The first kappa shape index (κ1) is 15.4. The molecule has 1 rings (SSSR count). The Hall–Kier alpha value is -1.63. The SMILES string of the molecule is CCN(CC)c1nc(N)nc(NC(C)CN(C)C)n1. The van der Waals surface area contributed by atoms with Crippen molar-refractivity contribution >= 4 is 17.8 Å². The summed E-state index contributed by atoms with van der Waals surface area (Å²) in [6.45, 7) is 8.78. The lowest BCUT2D eigenvalue weighted by atomic mass is 10.3. The van der Waals surface area contributed by atoms with E-state index >= 15 is 0 Å². The average Bonchev–Trinajstić information content (AvgIpc) is 2.28. The van der Waals surface area contributed by atoms with Crippen molar-refractivity contribution in [2.75, 3.05) is 49.7 Å².